The highest BCUT2D eigenvalue weighted by Gasteiger charge is 2.37. The van der Waals surface area contributed by atoms with Crippen LogP contribution in [0, 0.1) is 26.1 Å². The zero-order chi connectivity index (χ0) is 32.5. The fraction of sp³-hybridized carbons (Fsp3) is 0.429. The molecular weight excluding hydrogens is 610 g/mol. The summed E-state index contributed by atoms with van der Waals surface area (Å²) in [6.07, 6.45) is -0.536. The summed E-state index contributed by atoms with van der Waals surface area (Å²) in [4.78, 5) is 66.9. The van der Waals surface area contributed by atoms with E-state index in [1.807, 2.05) is 11.9 Å². The van der Waals surface area contributed by atoms with E-state index in [1.54, 1.807) is 4.90 Å². The van der Waals surface area contributed by atoms with Crippen LogP contribution in [0.25, 0.3) is 0 Å². The molecule has 0 aromatic heterocycles. The normalized spacial score (nSPS) is 19.4. The standard InChI is InChI=1S/C28H33N7O9S/c1-32-15-23(45)12-24(32)25(36)33-11-10-20(14-33)13-29-26(30-27(37)43-16-18-2-6-21(7-3-18)34(39)40)31-28(38)44-17-19-4-8-22(9-5-19)35(41)42/h2-9,20,23-24,45H,10-17H2,1H3,(H2,29,30,31,37,38)/t20-,23-,24-/m0/s1. The molecule has 17 heteroatoms. The Morgan fingerprint density at radius 3 is 1.87 bits per heavy atom. The molecule has 4 rings (SSSR count). The molecule has 0 bridgehead atoms. The van der Waals surface area contributed by atoms with E-state index in [4.69, 9.17) is 9.47 Å². The Kier molecular flexibility index (Phi) is 11.3. The Hall–Kier alpha value is -4.77. The number of nitro benzene ring substituents is 2. The maximum absolute atomic E-state index is 13.1. The Balaban J connectivity index is 1.35. The summed E-state index contributed by atoms with van der Waals surface area (Å²) in [5.74, 6) is -0.226. The maximum Gasteiger partial charge on any atom is 0.414 e. The molecule has 2 aliphatic rings. The summed E-state index contributed by atoms with van der Waals surface area (Å²) in [5, 5.41) is 26.6. The van der Waals surface area contributed by atoms with Crippen LogP contribution in [0.5, 0.6) is 0 Å². The number of carbonyl (C=O) groups is 3. The van der Waals surface area contributed by atoms with Crippen molar-refractivity contribution in [1.29, 1.82) is 0 Å². The number of nitrogens with one attached hydrogen (secondary N) is 2. The van der Waals surface area contributed by atoms with E-state index in [0.29, 0.717) is 37.1 Å². The Morgan fingerprint density at radius 1 is 0.911 bits per heavy atom. The number of likely N-dealkylation sites (tertiary alicyclic amines) is 2. The van der Waals surface area contributed by atoms with Gasteiger partial charge in [0.15, 0.2) is 0 Å². The number of alkyl carbamates (subject to hydrolysis) is 2. The minimum absolute atomic E-state index is 0.0293. The molecule has 0 radical (unpaired) electrons. The van der Waals surface area contributed by atoms with Gasteiger partial charge in [0.05, 0.1) is 15.9 Å². The van der Waals surface area contributed by atoms with Crippen LogP contribution in [0.3, 0.4) is 0 Å². The number of hydrogen-bond acceptors (Lipinski definition) is 12. The van der Waals surface area contributed by atoms with Gasteiger partial charge < -0.3 is 14.4 Å². The molecule has 2 aromatic carbocycles. The molecule has 2 aromatic rings. The smallest absolute Gasteiger partial charge is 0.414 e. The number of rotatable bonds is 9. The summed E-state index contributed by atoms with van der Waals surface area (Å²) in [7, 11) is 1.90. The monoisotopic (exact) mass is 643 g/mol. The van der Waals surface area contributed by atoms with E-state index in [9.17, 15) is 34.6 Å². The second-order valence-electron chi connectivity index (χ2n) is 10.7. The third kappa shape index (κ3) is 9.61. The first kappa shape index (κ1) is 33.1. The van der Waals surface area contributed by atoms with Gasteiger partial charge in [-0.1, -0.05) is 0 Å². The number of benzene rings is 2. The molecule has 16 nitrogen and oxygen atoms in total. The molecule has 2 N–H and O–H groups in total. The molecule has 240 valence electrons. The molecule has 0 unspecified atom stereocenters. The number of amides is 3. The van der Waals surface area contributed by atoms with Crippen molar-refractivity contribution < 1.29 is 33.7 Å². The Labute approximate surface area is 263 Å². The summed E-state index contributed by atoms with van der Waals surface area (Å²) in [6, 6.07) is 10.7. The fourth-order valence-corrected chi connectivity index (χ4v) is 5.43. The number of carbonyl (C=O) groups excluding carboxylic acids is 3. The zero-order valence-electron chi connectivity index (χ0n) is 24.4. The SMILES string of the molecule is CN1C[C@@H](S)C[C@H]1C(=O)N1CC[C@@H](CN=C(NC(=O)OCc2ccc([N+](=O)[O-])cc2)NC(=O)OCc2ccc([N+](=O)[O-])cc2)C1. The molecule has 3 atom stereocenters. The minimum Gasteiger partial charge on any atom is -0.444 e. The third-order valence-electron chi connectivity index (χ3n) is 7.39. The van der Waals surface area contributed by atoms with Gasteiger partial charge in [-0.25, -0.2) is 9.59 Å². The van der Waals surface area contributed by atoms with E-state index in [0.717, 1.165) is 6.54 Å². The lowest BCUT2D eigenvalue weighted by Crippen LogP contribution is -2.45. The van der Waals surface area contributed by atoms with Gasteiger partial charge in [0.25, 0.3) is 11.4 Å². The second kappa shape index (κ2) is 15.3. The molecule has 3 amide bonds. The van der Waals surface area contributed by atoms with Crippen LogP contribution >= 0.6 is 12.6 Å². The Bertz CT molecular complexity index is 1360. The van der Waals surface area contributed by atoms with Crippen molar-refractivity contribution in [3.8, 4) is 0 Å². The molecule has 0 saturated carbocycles. The second-order valence-corrected chi connectivity index (χ2v) is 11.5. The number of likely N-dealkylation sites (N-methyl/N-ethyl adjacent to an activating group) is 1. The van der Waals surface area contributed by atoms with Gasteiger partial charge >= 0.3 is 12.2 Å². The van der Waals surface area contributed by atoms with Crippen molar-refractivity contribution in [3.63, 3.8) is 0 Å². The van der Waals surface area contributed by atoms with Gasteiger partial charge in [-0.15, -0.1) is 0 Å². The number of hydrogen-bond donors (Lipinski definition) is 3. The number of nitrogens with zero attached hydrogens (tertiary/aromatic N) is 5. The number of guanidine groups is 1. The molecule has 0 spiro atoms. The fourth-order valence-electron chi connectivity index (χ4n) is 4.98. The van der Waals surface area contributed by atoms with Crippen LogP contribution in [0.1, 0.15) is 24.0 Å². The molecule has 2 saturated heterocycles. The summed E-state index contributed by atoms with van der Waals surface area (Å²) in [6.45, 7) is 1.54. The van der Waals surface area contributed by atoms with E-state index >= 15 is 0 Å². The van der Waals surface area contributed by atoms with E-state index in [2.05, 4.69) is 28.3 Å². The largest absolute Gasteiger partial charge is 0.444 e. The topological polar surface area (TPSA) is 199 Å². The first-order chi connectivity index (χ1) is 21.5. The minimum atomic E-state index is -0.948. The summed E-state index contributed by atoms with van der Waals surface area (Å²) < 4.78 is 10.4. The van der Waals surface area contributed by atoms with Gasteiger partial charge in [-0.2, -0.15) is 12.6 Å². The molecule has 2 fully saturated rings. The van der Waals surface area contributed by atoms with Crippen molar-refractivity contribution in [2.24, 2.45) is 10.9 Å². The zero-order valence-corrected chi connectivity index (χ0v) is 25.3. The lowest BCUT2D eigenvalue weighted by molar-refractivity contribution is -0.385. The summed E-state index contributed by atoms with van der Waals surface area (Å²) >= 11 is 4.50. The number of ether oxygens (including phenoxy) is 2. The van der Waals surface area contributed by atoms with Crippen LogP contribution in [0.2, 0.25) is 0 Å². The molecular formula is C28H33N7O9S. The van der Waals surface area contributed by atoms with Crippen LogP contribution in [0.15, 0.2) is 53.5 Å². The first-order valence-corrected chi connectivity index (χ1v) is 14.6. The van der Waals surface area contributed by atoms with Gasteiger partial charge in [0.1, 0.15) is 13.2 Å². The molecule has 2 heterocycles. The Morgan fingerprint density at radius 2 is 1.42 bits per heavy atom. The number of aliphatic imine (C=N–C) groups is 1. The predicted octanol–water partition coefficient (Wildman–Crippen LogP) is 2.86. The van der Waals surface area contributed by atoms with Crippen molar-refractivity contribution in [3.05, 3.63) is 79.9 Å². The molecule has 0 aliphatic carbocycles. The highest BCUT2D eigenvalue weighted by atomic mass is 32.1. The highest BCUT2D eigenvalue weighted by molar-refractivity contribution is 7.81. The van der Waals surface area contributed by atoms with Crippen molar-refractivity contribution >= 4 is 48.1 Å². The van der Waals surface area contributed by atoms with Gasteiger partial charge in [0.2, 0.25) is 11.9 Å². The van der Waals surface area contributed by atoms with E-state index in [1.165, 1.54) is 48.5 Å². The van der Waals surface area contributed by atoms with E-state index < -0.39 is 22.0 Å². The average molecular weight is 644 g/mol. The van der Waals surface area contributed by atoms with E-state index in [-0.39, 0.29) is 60.2 Å². The molecule has 2 aliphatic heterocycles. The van der Waals surface area contributed by atoms with Gasteiger partial charge in [0, 0.05) is 55.7 Å². The lowest BCUT2D eigenvalue weighted by Gasteiger charge is -2.24. The van der Waals surface area contributed by atoms with Crippen molar-refractivity contribution in [2.45, 2.75) is 37.3 Å². The van der Waals surface area contributed by atoms with Crippen LogP contribution in [-0.4, -0.2) is 88.2 Å². The molecule has 45 heavy (non-hydrogen) atoms. The summed E-state index contributed by atoms with van der Waals surface area (Å²) in [5.41, 5.74) is 0.778. The van der Waals surface area contributed by atoms with Crippen LogP contribution in [0.4, 0.5) is 21.0 Å². The highest BCUT2D eigenvalue weighted by Crippen LogP contribution is 2.25. The number of non-ortho nitro benzene ring substituents is 2. The predicted molar refractivity (Wildman–Crippen MR) is 164 cm³/mol. The quantitative estimate of drug-likeness (QED) is 0.120. The van der Waals surface area contributed by atoms with Crippen LogP contribution in [-0.2, 0) is 27.5 Å². The lowest BCUT2D eigenvalue weighted by atomic mass is 10.1. The van der Waals surface area contributed by atoms with Crippen molar-refractivity contribution in [2.75, 3.05) is 33.2 Å². The third-order valence-corrected chi connectivity index (χ3v) is 7.77. The average Bonchev–Trinajstić information content (AvgIpc) is 3.63. The van der Waals surface area contributed by atoms with Gasteiger partial charge in [-0.05, 0) is 61.2 Å². The number of nitro groups is 2. The number of thiol groups is 1. The first-order valence-electron chi connectivity index (χ1n) is 14.0. The van der Waals surface area contributed by atoms with Crippen LogP contribution < -0.4 is 10.6 Å². The van der Waals surface area contributed by atoms with Gasteiger partial charge in [-0.3, -0.25) is 45.5 Å². The maximum atomic E-state index is 13.1. The van der Waals surface area contributed by atoms with Crippen molar-refractivity contribution in [1.82, 2.24) is 20.4 Å².